The Bertz CT molecular complexity index is 645. The number of amides is 1. The summed E-state index contributed by atoms with van der Waals surface area (Å²) in [6.45, 7) is 1.77. The molecule has 5 nitrogen and oxygen atoms in total. The van der Waals surface area contributed by atoms with Crippen molar-refractivity contribution in [3.63, 3.8) is 0 Å². The largest absolute Gasteiger partial charge is 0.496 e. The number of hydrogen-bond donors (Lipinski definition) is 1. The highest BCUT2D eigenvalue weighted by Crippen LogP contribution is 2.36. The number of anilines is 1. The Morgan fingerprint density at radius 2 is 2.35 bits per heavy atom. The summed E-state index contributed by atoms with van der Waals surface area (Å²) in [5.41, 5.74) is 1.22. The summed E-state index contributed by atoms with van der Waals surface area (Å²) in [6.07, 6.45) is 4.43. The minimum absolute atomic E-state index is 0.0191. The molecule has 1 aromatic heterocycles. The molecule has 1 N–H and O–H groups in total. The summed E-state index contributed by atoms with van der Waals surface area (Å²) < 4.78 is 5.49. The number of rotatable bonds is 6. The van der Waals surface area contributed by atoms with E-state index < -0.39 is 0 Å². The minimum Gasteiger partial charge on any atom is -0.496 e. The molecule has 0 saturated carbocycles. The molecular weight excluding hydrogens is 310 g/mol. The van der Waals surface area contributed by atoms with E-state index in [4.69, 9.17) is 4.74 Å². The third-order valence-corrected chi connectivity index (χ3v) is 4.85. The fourth-order valence-corrected chi connectivity index (χ4v) is 3.64. The van der Waals surface area contributed by atoms with Gasteiger partial charge in [0.25, 0.3) is 0 Å². The van der Waals surface area contributed by atoms with E-state index in [9.17, 15) is 4.79 Å². The molecule has 1 amide bonds. The lowest BCUT2D eigenvalue weighted by molar-refractivity contribution is -0.116. The number of nitrogens with zero attached hydrogens (tertiary/aromatic N) is 2. The molecule has 1 fully saturated rings. The summed E-state index contributed by atoms with van der Waals surface area (Å²) in [6, 6.07) is 8.49. The zero-order valence-electron chi connectivity index (χ0n) is 13.2. The van der Waals surface area contributed by atoms with Crippen molar-refractivity contribution < 1.29 is 9.53 Å². The van der Waals surface area contributed by atoms with E-state index in [2.05, 4.69) is 21.3 Å². The zero-order valence-corrected chi connectivity index (χ0v) is 14.0. The topological polar surface area (TPSA) is 54.5 Å². The summed E-state index contributed by atoms with van der Waals surface area (Å²) in [5, 5.41) is 5.36. The standard InChI is InChI=1S/C17H21N3O2S/c1-22-15-7-3-2-5-13(15)14-6-4-10-20(14)11-8-16(21)19-17-18-9-12-23-17/h2-3,5,7,9,12,14H,4,6,8,10-11H2,1H3,(H,18,19,21)/t14-/m0/s1. The van der Waals surface area contributed by atoms with Crippen molar-refractivity contribution >= 4 is 22.4 Å². The van der Waals surface area contributed by atoms with Gasteiger partial charge in [-0.2, -0.15) is 0 Å². The number of ether oxygens (including phenoxy) is 1. The molecule has 2 heterocycles. The maximum Gasteiger partial charge on any atom is 0.227 e. The molecule has 1 aliphatic rings. The summed E-state index contributed by atoms with van der Waals surface area (Å²) in [4.78, 5) is 18.5. The van der Waals surface area contributed by atoms with Crippen molar-refractivity contribution in [2.45, 2.75) is 25.3 Å². The number of methoxy groups -OCH3 is 1. The normalized spacial score (nSPS) is 18.0. The van der Waals surface area contributed by atoms with Crippen LogP contribution in [-0.4, -0.2) is 36.0 Å². The highest BCUT2D eigenvalue weighted by atomic mass is 32.1. The molecule has 0 unspecified atom stereocenters. The highest BCUT2D eigenvalue weighted by Gasteiger charge is 2.28. The van der Waals surface area contributed by atoms with Gasteiger partial charge in [-0.15, -0.1) is 11.3 Å². The fraction of sp³-hybridized carbons (Fsp3) is 0.412. The minimum atomic E-state index is 0.0191. The molecule has 0 bridgehead atoms. The van der Waals surface area contributed by atoms with Gasteiger partial charge >= 0.3 is 0 Å². The van der Waals surface area contributed by atoms with Crippen LogP contribution < -0.4 is 10.1 Å². The van der Waals surface area contributed by atoms with Gasteiger partial charge in [0.05, 0.1) is 7.11 Å². The molecule has 1 aromatic carbocycles. The van der Waals surface area contributed by atoms with E-state index in [0.29, 0.717) is 17.6 Å². The van der Waals surface area contributed by atoms with E-state index in [-0.39, 0.29) is 5.91 Å². The first-order chi connectivity index (χ1) is 11.3. The van der Waals surface area contributed by atoms with Gasteiger partial charge in [-0.05, 0) is 25.5 Å². The number of aromatic nitrogens is 1. The number of thiazole rings is 1. The van der Waals surface area contributed by atoms with Crippen molar-refractivity contribution in [3.8, 4) is 5.75 Å². The highest BCUT2D eigenvalue weighted by molar-refractivity contribution is 7.13. The van der Waals surface area contributed by atoms with Crippen LogP contribution in [0.5, 0.6) is 5.75 Å². The van der Waals surface area contributed by atoms with Crippen LogP contribution in [0.4, 0.5) is 5.13 Å². The molecule has 1 saturated heterocycles. The maximum atomic E-state index is 12.0. The molecule has 2 aromatic rings. The third kappa shape index (κ3) is 3.89. The van der Waals surface area contributed by atoms with Crippen LogP contribution in [0.1, 0.15) is 30.9 Å². The van der Waals surface area contributed by atoms with Gasteiger partial charge in [0.2, 0.25) is 5.91 Å². The number of likely N-dealkylation sites (tertiary alicyclic amines) is 1. The molecule has 0 spiro atoms. The van der Waals surface area contributed by atoms with Crippen LogP contribution >= 0.6 is 11.3 Å². The number of nitrogens with one attached hydrogen (secondary N) is 1. The van der Waals surface area contributed by atoms with Crippen molar-refractivity contribution in [2.75, 3.05) is 25.5 Å². The first kappa shape index (κ1) is 16.0. The Hall–Kier alpha value is -1.92. The van der Waals surface area contributed by atoms with Gasteiger partial charge in [0.15, 0.2) is 5.13 Å². The average Bonchev–Trinajstić information content (AvgIpc) is 3.24. The van der Waals surface area contributed by atoms with Crippen LogP contribution in [0, 0.1) is 0 Å². The number of para-hydroxylation sites is 1. The number of carbonyl (C=O) groups is 1. The second kappa shape index (κ2) is 7.57. The lowest BCUT2D eigenvalue weighted by atomic mass is 10.0. The molecule has 23 heavy (non-hydrogen) atoms. The molecule has 6 heteroatoms. The molecule has 1 atom stereocenters. The predicted octanol–water partition coefficient (Wildman–Crippen LogP) is 3.32. The number of carbonyl (C=O) groups excluding carboxylic acids is 1. The lowest BCUT2D eigenvalue weighted by Crippen LogP contribution is -2.28. The monoisotopic (exact) mass is 331 g/mol. The Kier molecular flexibility index (Phi) is 5.25. The molecule has 0 aliphatic carbocycles. The predicted molar refractivity (Wildman–Crippen MR) is 91.9 cm³/mol. The lowest BCUT2D eigenvalue weighted by Gasteiger charge is -2.25. The van der Waals surface area contributed by atoms with Gasteiger partial charge in [-0.1, -0.05) is 18.2 Å². The smallest absolute Gasteiger partial charge is 0.227 e. The average molecular weight is 331 g/mol. The molecular formula is C17H21N3O2S. The van der Waals surface area contributed by atoms with E-state index >= 15 is 0 Å². The van der Waals surface area contributed by atoms with Crippen LogP contribution in [-0.2, 0) is 4.79 Å². The van der Waals surface area contributed by atoms with Gasteiger partial charge in [0, 0.05) is 36.1 Å². The third-order valence-electron chi connectivity index (χ3n) is 4.17. The Morgan fingerprint density at radius 3 is 3.13 bits per heavy atom. The van der Waals surface area contributed by atoms with Crippen LogP contribution in [0.3, 0.4) is 0 Å². The molecule has 1 aliphatic heterocycles. The Labute approximate surface area is 140 Å². The zero-order chi connectivity index (χ0) is 16.1. The van der Waals surface area contributed by atoms with Gasteiger partial charge in [0.1, 0.15) is 5.75 Å². The van der Waals surface area contributed by atoms with Crippen molar-refractivity contribution in [3.05, 3.63) is 41.4 Å². The maximum absolute atomic E-state index is 12.0. The molecule has 122 valence electrons. The quantitative estimate of drug-likeness (QED) is 0.882. The Balaban J connectivity index is 1.60. The fourth-order valence-electron chi connectivity index (χ4n) is 3.10. The van der Waals surface area contributed by atoms with Gasteiger partial charge in [-0.25, -0.2) is 4.98 Å². The second-order valence-corrected chi connectivity index (χ2v) is 6.47. The van der Waals surface area contributed by atoms with E-state index in [1.807, 2.05) is 23.6 Å². The van der Waals surface area contributed by atoms with Gasteiger partial charge in [-0.3, -0.25) is 9.69 Å². The van der Waals surface area contributed by atoms with E-state index in [0.717, 1.165) is 31.7 Å². The van der Waals surface area contributed by atoms with Crippen molar-refractivity contribution in [1.82, 2.24) is 9.88 Å². The van der Waals surface area contributed by atoms with Crippen LogP contribution in [0.25, 0.3) is 0 Å². The molecule has 0 radical (unpaired) electrons. The second-order valence-electron chi connectivity index (χ2n) is 5.57. The summed E-state index contributed by atoms with van der Waals surface area (Å²) in [7, 11) is 1.71. The SMILES string of the molecule is COc1ccccc1[C@@H]1CCCN1CCC(=O)Nc1nccs1. The van der Waals surface area contributed by atoms with Crippen LogP contribution in [0.2, 0.25) is 0 Å². The number of hydrogen-bond acceptors (Lipinski definition) is 5. The summed E-state index contributed by atoms with van der Waals surface area (Å²) in [5.74, 6) is 0.947. The summed E-state index contributed by atoms with van der Waals surface area (Å²) >= 11 is 1.44. The van der Waals surface area contributed by atoms with Crippen LogP contribution in [0.15, 0.2) is 35.8 Å². The Morgan fingerprint density at radius 1 is 1.48 bits per heavy atom. The van der Waals surface area contributed by atoms with Gasteiger partial charge < -0.3 is 10.1 Å². The van der Waals surface area contributed by atoms with Crippen molar-refractivity contribution in [1.29, 1.82) is 0 Å². The number of benzene rings is 1. The van der Waals surface area contributed by atoms with E-state index in [1.54, 1.807) is 13.3 Å². The first-order valence-electron chi connectivity index (χ1n) is 7.84. The first-order valence-corrected chi connectivity index (χ1v) is 8.72. The molecule has 3 rings (SSSR count). The van der Waals surface area contributed by atoms with E-state index in [1.165, 1.54) is 16.9 Å². The van der Waals surface area contributed by atoms with Crippen molar-refractivity contribution in [2.24, 2.45) is 0 Å².